The molecule has 1 aromatic carbocycles. The second kappa shape index (κ2) is 5.34. The Kier molecular flexibility index (Phi) is 4.38. The second-order valence-electron chi connectivity index (χ2n) is 3.03. The average molecular weight is 304 g/mol. The summed E-state index contributed by atoms with van der Waals surface area (Å²) in [6, 6.07) is 7.67. The molecule has 0 N–H and O–H groups in total. The van der Waals surface area contributed by atoms with Crippen molar-refractivity contribution in [1.82, 2.24) is 0 Å². The van der Waals surface area contributed by atoms with E-state index in [4.69, 9.17) is 4.74 Å². The van der Waals surface area contributed by atoms with Crippen LogP contribution < -0.4 is 4.74 Å². The highest BCUT2D eigenvalue weighted by molar-refractivity contribution is 14.1. The zero-order valence-corrected chi connectivity index (χ0v) is 10.4. The molecule has 1 rings (SSSR count). The number of ether oxygens (including phenoxy) is 1. The number of halogens is 1. The Bertz CT molecular complexity index is 306. The minimum absolute atomic E-state index is 0.128. The van der Waals surface area contributed by atoms with Crippen LogP contribution in [-0.4, -0.2) is 11.9 Å². The van der Waals surface area contributed by atoms with E-state index in [1.54, 1.807) is 6.92 Å². The molecule has 0 bridgehead atoms. The number of ketones is 1. The maximum Gasteiger partial charge on any atom is 0.172 e. The van der Waals surface area contributed by atoms with Crippen LogP contribution in [0.5, 0.6) is 5.75 Å². The van der Waals surface area contributed by atoms with Crippen molar-refractivity contribution < 1.29 is 9.53 Å². The number of carbonyl (C=O) groups excluding carboxylic acids is 1. The van der Waals surface area contributed by atoms with Crippen molar-refractivity contribution in [2.45, 2.75) is 26.4 Å². The molecule has 0 aliphatic carbocycles. The minimum atomic E-state index is -0.347. The molecule has 3 heteroatoms. The summed E-state index contributed by atoms with van der Waals surface area (Å²) < 4.78 is 6.63. The van der Waals surface area contributed by atoms with Gasteiger partial charge in [-0.3, -0.25) is 4.79 Å². The number of Topliss-reactive ketones (excluding diaryl/α,β-unsaturated/α-hetero) is 1. The van der Waals surface area contributed by atoms with E-state index >= 15 is 0 Å². The Balaban J connectivity index is 2.60. The molecule has 1 atom stereocenters. The quantitative estimate of drug-likeness (QED) is 0.799. The summed E-state index contributed by atoms with van der Waals surface area (Å²) in [4.78, 5) is 11.3. The third-order valence-corrected chi connectivity index (χ3v) is 2.65. The average Bonchev–Trinajstić information content (AvgIpc) is 2.20. The molecule has 0 fully saturated rings. The zero-order valence-electron chi connectivity index (χ0n) is 8.29. The van der Waals surface area contributed by atoms with E-state index in [-0.39, 0.29) is 11.9 Å². The van der Waals surface area contributed by atoms with E-state index in [1.165, 1.54) is 0 Å². The Morgan fingerprint density at radius 1 is 1.43 bits per heavy atom. The monoisotopic (exact) mass is 304 g/mol. The molecule has 1 aromatic rings. The third-order valence-electron chi connectivity index (χ3n) is 1.93. The smallest absolute Gasteiger partial charge is 0.172 e. The molecule has 0 spiro atoms. The first-order valence-electron chi connectivity index (χ1n) is 4.58. The Morgan fingerprint density at radius 2 is 2.00 bits per heavy atom. The Morgan fingerprint density at radius 3 is 2.50 bits per heavy atom. The first kappa shape index (κ1) is 11.5. The number of hydrogen-bond acceptors (Lipinski definition) is 2. The lowest BCUT2D eigenvalue weighted by molar-refractivity contribution is -0.124. The van der Waals surface area contributed by atoms with Gasteiger partial charge in [0.25, 0.3) is 0 Å². The molecule has 0 radical (unpaired) electrons. The van der Waals surface area contributed by atoms with Gasteiger partial charge in [0, 0.05) is 9.99 Å². The Labute approximate surface area is 97.8 Å². The van der Waals surface area contributed by atoms with Crippen molar-refractivity contribution in [3.8, 4) is 5.75 Å². The molecular formula is C11H13IO2. The molecule has 0 saturated heterocycles. The fourth-order valence-electron chi connectivity index (χ4n) is 1.07. The standard InChI is InChI=1S/C11H13IO2/c1-3-11(13)8(2)14-10-6-4-9(12)5-7-10/h4-8H,3H2,1-2H3. The molecule has 1 unspecified atom stereocenters. The summed E-state index contributed by atoms with van der Waals surface area (Å²) in [5.74, 6) is 0.878. The lowest BCUT2D eigenvalue weighted by Crippen LogP contribution is -2.22. The molecule has 0 aliphatic heterocycles. The van der Waals surface area contributed by atoms with Crippen LogP contribution in [0, 0.1) is 3.57 Å². The predicted octanol–water partition coefficient (Wildman–Crippen LogP) is 3.04. The predicted molar refractivity (Wildman–Crippen MR) is 64.5 cm³/mol. The first-order chi connectivity index (χ1) is 6.63. The second-order valence-corrected chi connectivity index (χ2v) is 4.28. The molecule has 14 heavy (non-hydrogen) atoms. The van der Waals surface area contributed by atoms with Crippen molar-refractivity contribution >= 4 is 28.4 Å². The van der Waals surface area contributed by atoms with Gasteiger partial charge in [-0.15, -0.1) is 0 Å². The highest BCUT2D eigenvalue weighted by Crippen LogP contribution is 2.15. The summed E-state index contributed by atoms with van der Waals surface area (Å²) >= 11 is 2.23. The van der Waals surface area contributed by atoms with Gasteiger partial charge in [-0.2, -0.15) is 0 Å². The summed E-state index contributed by atoms with van der Waals surface area (Å²) in [5.41, 5.74) is 0. The highest BCUT2D eigenvalue weighted by Gasteiger charge is 2.11. The van der Waals surface area contributed by atoms with E-state index in [2.05, 4.69) is 22.6 Å². The van der Waals surface area contributed by atoms with Gasteiger partial charge in [0.1, 0.15) is 5.75 Å². The summed E-state index contributed by atoms with van der Waals surface area (Å²) in [5, 5.41) is 0. The molecule has 0 amide bonds. The maximum atomic E-state index is 11.3. The maximum absolute atomic E-state index is 11.3. The van der Waals surface area contributed by atoms with Crippen molar-refractivity contribution in [2.24, 2.45) is 0 Å². The van der Waals surface area contributed by atoms with E-state index in [9.17, 15) is 4.79 Å². The van der Waals surface area contributed by atoms with E-state index in [1.807, 2.05) is 31.2 Å². The molecule has 76 valence electrons. The fourth-order valence-corrected chi connectivity index (χ4v) is 1.43. The van der Waals surface area contributed by atoms with Crippen LogP contribution in [0.4, 0.5) is 0 Å². The summed E-state index contributed by atoms with van der Waals surface area (Å²) in [7, 11) is 0. The van der Waals surface area contributed by atoms with Gasteiger partial charge in [-0.25, -0.2) is 0 Å². The lowest BCUT2D eigenvalue weighted by Gasteiger charge is -2.12. The van der Waals surface area contributed by atoms with Gasteiger partial charge >= 0.3 is 0 Å². The summed E-state index contributed by atoms with van der Waals surface area (Å²) in [6.45, 7) is 3.62. The molecule has 0 saturated carbocycles. The van der Waals surface area contributed by atoms with Crippen LogP contribution in [0.15, 0.2) is 24.3 Å². The minimum Gasteiger partial charge on any atom is -0.483 e. The van der Waals surface area contributed by atoms with Crippen LogP contribution >= 0.6 is 22.6 Å². The van der Waals surface area contributed by atoms with Crippen LogP contribution in [0.1, 0.15) is 20.3 Å². The van der Waals surface area contributed by atoms with Crippen LogP contribution in [0.3, 0.4) is 0 Å². The number of carbonyl (C=O) groups is 1. The third kappa shape index (κ3) is 3.29. The number of hydrogen-bond donors (Lipinski definition) is 0. The van der Waals surface area contributed by atoms with Gasteiger partial charge in [-0.1, -0.05) is 6.92 Å². The van der Waals surface area contributed by atoms with Gasteiger partial charge < -0.3 is 4.74 Å². The fraction of sp³-hybridized carbons (Fsp3) is 0.364. The molecule has 2 nitrogen and oxygen atoms in total. The molecule has 0 heterocycles. The van der Waals surface area contributed by atoms with E-state index in [0.717, 1.165) is 9.32 Å². The van der Waals surface area contributed by atoms with E-state index < -0.39 is 0 Å². The normalized spacial score (nSPS) is 12.2. The largest absolute Gasteiger partial charge is 0.483 e. The van der Waals surface area contributed by atoms with E-state index in [0.29, 0.717) is 6.42 Å². The van der Waals surface area contributed by atoms with Crippen molar-refractivity contribution in [1.29, 1.82) is 0 Å². The molecule has 0 aromatic heterocycles. The number of rotatable bonds is 4. The lowest BCUT2D eigenvalue weighted by atomic mass is 10.2. The zero-order chi connectivity index (χ0) is 10.6. The summed E-state index contributed by atoms with van der Waals surface area (Å²) in [6.07, 6.45) is 0.172. The first-order valence-corrected chi connectivity index (χ1v) is 5.66. The molecular weight excluding hydrogens is 291 g/mol. The van der Waals surface area contributed by atoms with Crippen molar-refractivity contribution in [3.63, 3.8) is 0 Å². The number of benzene rings is 1. The van der Waals surface area contributed by atoms with Crippen LogP contribution in [0.2, 0.25) is 0 Å². The van der Waals surface area contributed by atoms with Crippen molar-refractivity contribution in [3.05, 3.63) is 27.8 Å². The highest BCUT2D eigenvalue weighted by atomic mass is 127. The van der Waals surface area contributed by atoms with Gasteiger partial charge in [0.15, 0.2) is 11.9 Å². The van der Waals surface area contributed by atoms with Gasteiger partial charge in [-0.05, 0) is 53.8 Å². The van der Waals surface area contributed by atoms with Gasteiger partial charge in [0.2, 0.25) is 0 Å². The Hall–Kier alpha value is -0.580. The topological polar surface area (TPSA) is 26.3 Å². The SMILES string of the molecule is CCC(=O)C(C)Oc1ccc(I)cc1. The molecule has 0 aliphatic rings. The van der Waals surface area contributed by atoms with Crippen molar-refractivity contribution in [2.75, 3.05) is 0 Å². The van der Waals surface area contributed by atoms with Crippen LogP contribution in [-0.2, 0) is 4.79 Å². The van der Waals surface area contributed by atoms with Crippen LogP contribution in [0.25, 0.3) is 0 Å². The van der Waals surface area contributed by atoms with Gasteiger partial charge in [0.05, 0.1) is 0 Å².